The molecule has 0 unspecified atom stereocenters. The molecule has 2 N–H and O–H groups in total. The Kier molecular flexibility index (Phi) is 3.25. The minimum atomic E-state index is 0.329. The predicted molar refractivity (Wildman–Crippen MR) is 58.9 cm³/mol. The molecule has 1 heterocycles. The largest absolute Gasteiger partial charge is 0.369 e. The third kappa shape index (κ3) is 3.72. The molecule has 0 aromatic carbocycles. The van der Waals surface area contributed by atoms with E-state index in [0.29, 0.717) is 10.7 Å². The zero-order chi connectivity index (χ0) is 9.90. The van der Waals surface area contributed by atoms with Crippen LogP contribution >= 0.6 is 11.8 Å². The molecule has 1 rings (SSSR count). The van der Waals surface area contributed by atoms with Crippen molar-refractivity contribution in [2.24, 2.45) is 0 Å². The Balaban J connectivity index is 2.32. The van der Waals surface area contributed by atoms with Gasteiger partial charge in [0.1, 0.15) is 0 Å². The van der Waals surface area contributed by atoms with Crippen LogP contribution in [-0.4, -0.2) is 20.1 Å². The van der Waals surface area contributed by atoms with E-state index in [0.717, 1.165) is 12.3 Å². The highest BCUT2D eigenvalue weighted by molar-refractivity contribution is 8.00. The molecule has 0 amide bonds. The first-order chi connectivity index (χ1) is 5.99. The molecule has 0 saturated heterocycles. The van der Waals surface area contributed by atoms with Gasteiger partial charge in [0.05, 0.1) is 0 Å². The standard InChI is InChI=1S/C9H17N3S/c1-9(2,3)13-7-6-12-5-4-11-8(12)10/h4-5H,6-7H2,1-3H3,(H2,10,11). The summed E-state index contributed by atoms with van der Waals surface area (Å²) < 4.78 is 2.30. The van der Waals surface area contributed by atoms with E-state index < -0.39 is 0 Å². The van der Waals surface area contributed by atoms with Gasteiger partial charge in [-0.15, -0.1) is 0 Å². The van der Waals surface area contributed by atoms with Crippen LogP contribution in [0, 0.1) is 0 Å². The van der Waals surface area contributed by atoms with Gasteiger partial charge in [0.2, 0.25) is 0 Å². The highest BCUT2D eigenvalue weighted by Crippen LogP contribution is 2.23. The summed E-state index contributed by atoms with van der Waals surface area (Å²) in [6, 6.07) is 0. The van der Waals surface area contributed by atoms with Gasteiger partial charge in [-0.3, -0.25) is 0 Å². The molecule has 1 aromatic rings. The highest BCUT2D eigenvalue weighted by Gasteiger charge is 2.09. The summed E-state index contributed by atoms with van der Waals surface area (Å²) in [5, 5.41) is 0. The fourth-order valence-corrected chi connectivity index (χ4v) is 1.88. The van der Waals surface area contributed by atoms with Crippen LogP contribution in [0.4, 0.5) is 5.95 Å². The minimum Gasteiger partial charge on any atom is -0.369 e. The van der Waals surface area contributed by atoms with Crippen molar-refractivity contribution in [3.05, 3.63) is 12.4 Å². The Labute approximate surface area is 83.7 Å². The second kappa shape index (κ2) is 4.05. The Hall–Kier alpha value is -0.640. The molecular weight excluding hydrogens is 182 g/mol. The molecule has 0 fully saturated rings. The second-order valence-corrected chi connectivity index (χ2v) is 5.86. The summed E-state index contributed by atoms with van der Waals surface area (Å²) in [4.78, 5) is 3.96. The number of aromatic nitrogens is 2. The number of nitrogens with two attached hydrogens (primary N) is 1. The molecule has 13 heavy (non-hydrogen) atoms. The van der Waals surface area contributed by atoms with Crippen LogP contribution in [0.25, 0.3) is 0 Å². The third-order valence-electron chi connectivity index (χ3n) is 1.61. The molecule has 0 radical (unpaired) electrons. The minimum absolute atomic E-state index is 0.329. The number of thioether (sulfide) groups is 1. The average Bonchev–Trinajstić information content (AvgIpc) is 2.34. The van der Waals surface area contributed by atoms with E-state index in [4.69, 9.17) is 5.73 Å². The molecule has 0 aliphatic heterocycles. The van der Waals surface area contributed by atoms with Crippen molar-refractivity contribution in [2.45, 2.75) is 32.1 Å². The van der Waals surface area contributed by atoms with E-state index >= 15 is 0 Å². The van der Waals surface area contributed by atoms with Crippen LogP contribution < -0.4 is 5.73 Å². The van der Waals surface area contributed by atoms with E-state index in [2.05, 4.69) is 25.8 Å². The number of nitrogens with zero attached hydrogens (tertiary/aromatic N) is 2. The van der Waals surface area contributed by atoms with Crippen molar-refractivity contribution in [1.29, 1.82) is 0 Å². The molecule has 0 saturated carbocycles. The maximum absolute atomic E-state index is 5.63. The van der Waals surface area contributed by atoms with Crippen molar-refractivity contribution in [1.82, 2.24) is 9.55 Å². The zero-order valence-corrected chi connectivity index (χ0v) is 9.27. The second-order valence-electron chi connectivity index (χ2n) is 3.94. The van der Waals surface area contributed by atoms with E-state index in [1.54, 1.807) is 6.20 Å². The van der Waals surface area contributed by atoms with Gasteiger partial charge in [0.25, 0.3) is 0 Å². The molecule has 3 nitrogen and oxygen atoms in total. The van der Waals surface area contributed by atoms with Gasteiger partial charge in [-0.05, 0) is 0 Å². The fraction of sp³-hybridized carbons (Fsp3) is 0.667. The van der Waals surface area contributed by atoms with Crippen LogP contribution in [0.3, 0.4) is 0 Å². The molecule has 0 aliphatic rings. The molecule has 4 heteroatoms. The number of aryl methyl sites for hydroxylation is 1. The topological polar surface area (TPSA) is 43.8 Å². The summed E-state index contributed by atoms with van der Waals surface area (Å²) in [5.74, 6) is 1.68. The molecule has 1 aromatic heterocycles. The summed E-state index contributed by atoms with van der Waals surface area (Å²) in [7, 11) is 0. The summed E-state index contributed by atoms with van der Waals surface area (Å²) in [6.45, 7) is 7.59. The Morgan fingerprint density at radius 1 is 1.54 bits per heavy atom. The maximum atomic E-state index is 5.63. The van der Waals surface area contributed by atoms with Gasteiger partial charge in [-0.25, -0.2) is 4.98 Å². The predicted octanol–water partition coefficient (Wildman–Crippen LogP) is 2.00. The van der Waals surface area contributed by atoms with Gasteiger partial charge in [0.15, 0.2) is 5.95 Å². The van der Waals surface area contributed by atoms with Crippen molar-refractivity contribution in [3.63, 3.8) is 0 Å². The first-order valence-electron chi connectivity index (χ1n) is 4.39. The molecule has 0 bridgehead atoms. The van der Waals surface area contributed by atoms with Crippen LogP contribution in [0.15, 0.2) is 12.4 Å². The number of nitrogen functional groups attached to an aromatic ring is 1. The van der Waals surface area contributed by atoms with E-state index in [-0.39, 0.29) is 0 Å². The lowest BCUT2D eigenvalue weighted by atomic mass is 10.3. The van der Waals surface area contributed by atoms with Crippen molar-refractivity contribution in [2.75, 3.05) is 11.5 Å². The Bertz CT molecular complexity index is 262. The van der Waals surface area contributed by atoms with Crippen molar-refractivity contribution in [3.8, 4) is 0 Å². The maximum Gasteiger partial charge on any atom is 0.200 e. The number of rotatable bonds is 3. The summed E-state index contributed by atoms with van der Waals surface area (Å²) in [6.07, 6.45) is 3.65. The lowest BCUT2D eigenvalue weighted by Crippen LogP contribution is -2.11. The first kappa shape index (κ1) is 10.4. The van der Waals surface area contributed by atoms with Gasteiger partial charge >= 0.3 is 0 Å². The Morgan fingerprint density at radius 2 is 2.23 bits per heavy atom. The Morgan fingerprint density at radius 3 is 2.69 bits per heavy atom. The van der Waals surface area contributed by atoms with Crippen molar-refractivity contribution >= 4 is 17.7 Å². The average molecular weight is 199 g/mol. The van der Waals surface area contributed by atoms with Gasteiger partial charge < -0.3 is 10.3 Å². The summed E-state index contributed by atoms with van der Waals surface area (Å²) in [5.41, 5.74) is 5.63. The van der Waals surface area contributed by atoms with E-state index in [9.17, 15) is 0 Å². The normalized spacial score (nSPS) is 11.9. The van der Waals surface area contributed by atoms with Crippen molar-refractivity contribution < 1.29 is 0 Å². The van der Waals surface area contributed by atoms with Gasteiger partial charge in [-0.2, -0.15) is 11.8 Å². The quantitative estimate of drug-likeness (QED) is 0.809. The molecule has 0 atom stereocenters. The molecular formula is C9H17N3S. The molecule has 74 valence electrons. The third-order valence-corrected chi connectivity index (χ3v) is 2.87. The van der Waals surface area contributed by atoms with Gasteiger partial charge in [0, 0.05) is 29.4 Å². The molecule has 0 aliphatic carbocycles. The van der Waals surface area contributed by atoms with Crippen LogP contribution in [0.2, 0.25) is 0 Å². The lowest BCUT2D eigenvalue weighted by Gasteiger charge is -2.17. The van der Waals surface area contributed by atoms with Crippen LogP contribution in [0.5, 0.6) is 0 Å². The van der Waals surface area contributed by atoms with Crippen LogP contribution in [0.1, 0.15) is 20.8 Å². The monoisotopic (exact) mass is 199 g/mol. The number of imidazole rings is 1. The van der Waals surface area contributed by atoms with E-state index in [1.165, 1.54) is 0 Å². The fourth-order valence-electron chi connectivity index (χ4n) is 0.980. The SMILES string of the molecule is CC(C)(C)SCCn1ccnc1N. The van der Waals surface area contributed by atoms with Crippen LogP contribution in [-0.2, 0) is 6.54 Å². The lowest BCUT2D eigenvalue weighted by molar-refractivity contribution is 0.762. The first-order valence-corrected chi connectivity index (χ1v) is 5.38. The highest BCUT2D eigenvalue weighted by atomic mass is 32.2. The number of hydrogen-bond acceptors (Lipinski definition) is 3. The zero-order valence-electron chi connectivity index (χ0n) is 8.45. The summed E-state index contributed by atoms with van der Waals surface area (Å²) >= 11 is 1.94. The number of anilines is 1. The smallest absolute Gasteiger partial charge is 0.200 e. The van der Waals surface area contributed by atoms with E-state index in [1.807, 2.05) is 22.5 Å². The van der Waals surface area contributed by atoms with Gasteiger partial charge in [-0.1, -0.05) is 20.8 Å². The number of hydrogen-bond donors (Lipinski definition) is 1. The molecule has 0 spiro atoms.